The van der Waals surface area contributed by atoms with Gasteiger partial charge in [-0.25, -0.2) is 0 Å². The van der Waals surface area contributed by atoms with Crippen LogP contribution in [0.1, 0.15) is 38.5 Å². The predicted octanol–water partition coefficient (Wildman–Crippen LogP) is 2.77. The van der Waals surface area contributed by atoms with Gasteiger partial charge >= 0.3 is 6.18 Å². The fourth-order valence-electron chi connectivity index (χ4n) is 2.68. The van der Waals surface area contributed by atoms with E-state index in [-0.39, 0.29) is 24.7 Å². The van der Waals surface area contributed by atoms with Gasteiger partial charge in [-0.3, -0.25) is 4.79 Å². The maximum atomic E-state index is 12.7. The Morgan fingerprint density at radius 2 is 1.95 bits per heavy atom. The van der Waals surface area contributed by atoms with Gasteiger partial charge in [-0.1, -0.05) is 6.42 Å². The Morgan fingerprint density at radius 3 is 2.47 bits per heavy atom. The van der Waals surface area contributed by atoms with Crippen molar-refractivity contribution in [3.63, 3.8) is 0 Å². The number of hydrogen-bond donors (Lipinski definition) is 1. The minimum atomic E-state index is -4.22. The average Bonchev–Trinajstić information content (AvgIpc) is 3.19. The van der Waals surface area contributed by atoms with E-state index in [9.17, 15) is 18.0 Å². The molecule has 0 spiro atoms. The number of alkyl halides is 3. The molecule has 0 aromatic heterocycles. The minimum absolute atomic E-state index is 0.109. The summed E-state index contributed by atoms with van der Waals surface area (Å²) in [7, 11) is 0. The highest BCUT2D eigenvalue weighted by Gasteiger charge is 2.44. The Balaban J connectivity index is 1.90. The predicted molar refractivity (Wildman–Crippen MR) is 61.8 cm³/mol. The van der Waals surface area contributed by atoms with Crippen molar-refractivity contribution in [2.45, 2.75) is 50.7 Å². The van der Waals surface area contributed by atoms with Crippen molar-refractivity contribution in [2.75, 3.05) is 0 Å². The first-order chi connectivity index (χ1) is 8.91. The van der Waals surface area contributed by atoms with Crippen LogP contribution in [0.2, 0.25) is 0 Å². The van der Waals surface area contributed by atoms with Crippen LogP contribution < -0.4 is 5.32 Å². The van der Waals surface area contributed by atoms with Crippen molar-refractivity contribution < 1.29 is 18.0 Å². The Hall–Kier alpha value is -1.25. The second kappa shape index (κ2) is 5.40. The number of amides is 1. The van der Waals surface area contributed by atoms with Crippen LogP contribution >= 0.6 is 0 Å². The van der Waals surface area contributed by atoms with Crippen molar-refractivity contribution in [3.05, 3.63) is 0 Å². The minimum Gasteiger partial charge on any atom is -0.340 e. The second-order valence-corrected chi connectivity index (χ2v) is 5.55. The van der Waals surface area contributed by atoms with Crippen molar-refractivity contribution in [3.8, 4) is 6.07 Å². The van der Waals surface area contributed by atoms with Crippen LogP contribution in [-0.4, -0.2) is 18.1 Å². The molecule has 1 N–H and O–H groups in total. The van der Waals surface area contributed by atoms with Gasteiger partial charge in [0, 0.05) is 5.92 Å². The van der Waals surface area contributed by atoms with E-state index in [1.807, 2.05) is 6.07 Å². The van der Waals surface area contributed by atoms with Crippen LogP contribution in [-0.2, 0) is 4.79 Å². The van der Waals surface area contributed by atoms with Crippen LogP contribution in [0.4, 0.5) is 13.2 Å². The van der Waals surface area contributed by atoms with Crippen molar-refractivity contribution in [1.29, 1.82) is 5.26 Å². The third kappa shape index (κ3) is 3.62. The first-order valence-electron chi connectivity index (χ1n) is 6.68. The fraction of sp³-hybridized carbons (Fsp3) is 0.846. The molecule has 0 radical (unpaired) electrons. The third-order valence-corrected chi connectivity index (χ3v) is 4.04. The van der Waals surface area contributed by atoms with Crippen LogP contribution in [0.25, 0.3) is 0 Å². The molecule has 0 bridgehead atoms. The highest BCUT2D eigenvalue weighted by Crippen LogP contribution is 2.40. The topological polar surface area (TPSA) is 52.9 Å². The first-order valence-corrected chi connectivity index (χ1v) is 6.68. The quantitative estimate of drug-likeness (QED) is 0.860. The summed E-state index contributed by atoms with van der Waals surface area (Å²) < 4.78 is 38.0. The lowest BCUT2D eigenvalue weighted by Crippen LogP contribution is -2.42. The number of carbonyl (C=O) groups excluding carboxylic acids is 1. The summed E-state index contributed by atoms with van der Waals surface area (Å²) >= 11 is 0. The first kappa shape index (κ1) is 14.2. The van der Waals surface area contributed by atoms with Crippen molar-refractivity contribution in [1.82, 2.24) is 5.32 Å². The lowest BCUT2D eigenvalue weighted by Gasteiger charge is -2.30. The summed E-state index contributed by atoms with van der Waals surface area (Å²) in [6, 6.07) is 1.49. The number of rotatable bonds is 3. The summed E-state index contributed by atoms with van der Waals surface area (Å²) in [4.78, 5) is 11.9. The molecule has 0 aliphatic heterocycles. The van der Waals surface area contributed by atoms with Gasteiger partial charge in [0.05, 0.1) is 12.0 Å². The molecule has 0 saturated heterocycles. The Morgan fingerprint density at radius 1 is 1.26 bits per heavy atom. The van der Waals surface area contributed by atoms with E-state index < -0.39 is 24.1 Å². The zero-order valence-electron chi connectivity index (χ0n) is 10.5. The smallest absolute Gasteiger partial charge is 0.340 e. The highest BCUT2D eigenvalue weighted by atomic mass is 19.4. The van der Waals surface area contributed by atoms with E-state index in [0.29, 0.717) is 12.8 Å². The van der Waals surface area contributed by atoms with Crippen LogP contribution in [0, 0.1) is 29.1 Å². The molecule has 2 fully saturated rings. The average molecular weight is 274 g/mol. The molecule has 6 heteroatoms. The molecule has 0 aromatic rings. The number of nitrogens with zero attached hydrogens (tertiary/aromatic N) is 1. The van der Waals surface area contributed by atoms with E-state index >= 15 is 0 Å². The maximum Gasteiger partial charge on any atom is 0.391 e. The summed E-state index contributed by atoms with van der Waals surface area (Å²) in [5.41, 5.74) is 0. The van der Waals surface area contributed by atoms with Gasteiger partial charge in [-0.15, -0.1) is 0 Å². The zero-order valence-corrected chi connectivity index (χ0v) is 10.5. The largest absolute Gasteiger partial charge is 0.391 e. The molecule has 2 rings (SSSR count). The fourth-order valence-corrected chi connectivity index (χ4v) is 2.68. The molecule has 106 valence electrons. The highest BCUT2D eigenvalue weighted by molar-refractivity contribution is 5.79. The number of nitriles is 1. The molecule has 3 atom stereocenters. The number of hydrogen-bond acceptors (Lipinski definition) is 2. The standard InChI is InChI=1S/C13H17F3N2O/c14-13(15,16)10-3-1-2-9(6-10)12(19)18-11(7-17)8-4-5-8/h8-11H,1-6H2,(H,18,19). The summed E-state index contributed by atoms with van der Waals surface area (Å²) in [6.45, 7) is 0. The maximum absolute atomic E-state index is 12.7. The summed E-state index contributed by atoms with van der Waals surface area (Å²) in [6.07, 6.45) is -1.52. The van der Waals surface area contributed by atoms with Crippen LogP contribution in [0.5, 0.6) is 0 Å². The molecule has 3 unspecified atom stereocenters. The van der Waals surface area contributed by atoms with E-state index in [0.717, 1.165) is 12.8 Å². The lowest BCUT2D eigenvalue weighted by molar-refractivity contribution is -0.186. The Labute approximate surface area is 110 Å². The molecular weight excluding hydrogens is 257 g/mol. The molecule has 1 amide bonds. The van der Waals surface area contributed by atoms with Gasteiger partial charge in [-0.2, -0.15) is 18.4 Å². The molecule has 2 aliphatic rings. The van der Waals surface area contributed by atoms with Gasteiger partial charge < -0.3 is 5.32 Å². The number of nitrogens with one attached hydrogen (secondary N) is 1. The Kier molecular flexibility index (Phi) is 4.02. The normalized spacial score (nSPS) is 29.4. The zero-order chi connectivity index (χ0) is 14.0. The van der Waals surface area contributed by atoms with Gasteiger partial charge in [0.15, 0.2) is 0 Å². The molecular formula is C13H17F3N2O. The molecule has 3 nitrogen and oxygen atoms in total. The van der Waals surface area contributed by atoms with E-state index in [4.69, 9.17) is 5.26 Å². The van der Waals surface area contributed by atoms with E-state index in [2.05, 4.69) is 5.32 Å². The molecule has 2 aliphatic carbocycles. The van der Waals surface area contributed by atoms with Crippen LogP contribution in [0.3, 0.4) is 0 Å². The van der Waals surface area contributed by atoms with E-state index in [1.54, 1.807) is 0 Å². The molecule has 0 heterocycles. The SMILES string of the molecule is N#CC(NC(=O)C1CCCC(C(F)(F)F)C1)C1CC1. The van der Waals surface area contributed by atoms with Gasteiger partial charge in [-0.05, 0) is 38.0 Å². The van der Waals surface area contributed by atoms with E-state index in [1.165, 1.54) is 0 Å². The number of carbonyl (C=O) groups is 1. The lowest BCUT2D eigenvalue weighted by atomic mass is 9.80. The van der Waals surface area contributed by atoms with Gasteiger partial charge in [0.1, 0.15) is 6.04 Å². The van der Waals surface area contributed by atoms with Gasteiger partial charge in [0.2, 0.25) is 5.91 Å². The summed E-state index contributed by atoms with van der Waals surface area (Å²) in [5, 5.41) is 11.5. The van der Waals surface area contributed by atoms with Crippen molar-refractivity contribution >= 4 is 5.91 Å². The monoisotopic (exact) mass is 274 g/mol. The van der Waals surface area contributed by atoms with Crippen LogP contribution in [0.15, 0.2) is 0 Å². The van der Waals surface area contributed by atoms with Crippen molar-refractivity contribution in [2.24, 2.45) is 17.8 Å². The molecule has 0 aromatic carbocycles. The van der Waals surface area contributed by atoms with Gasteiger partial charge in [0.25, 0.3) is 0 Å². The third-order valence-electron chi connectivity index (χ3n) is 4.04. The molecule has 2 saturated carbocycles. The molecule has 19 heavy (non-hydrogen) atoms. The Bertz CT molecular complexity index is 384. The second-order valence-electron chi connectivity index (χ2n) is 5.55. The summed E-state index contributed by atoms with van der Waals surface area (Å²) in [5.74, 6) is -2.17. The number of halogens is 3.